The monoisotopic (exact) mass is 190 g/mol. The molecule has 11 heavy (non-hydrogen) atoms. The summed E-state index contributed by atoms with van der Waals surface area (Å²) in [6.45, 7) is 0.288. The fourth-order valence-corrected chi connectivity index (χ4v) is 2.11. The molecule has 0 spiro atoms. The highest BCUT2D eigenvalue weighted by atomic mass is 32.2. The Hall–Kier alpha value is -0.130. The maximum absolute atomic E-state index is 8.49. The zero-order valence-corrected chi connectivity index (χ0v) is 7.70. The van der Waals surface area contributed by atoms with Gasteiger partial charge >= 0.3 is 0 Å². The van der Waals surface area contributed by atoms with Crippen LogP contribution >= 0.6 is 23.3 Å². The van der Waals surface area contributed by atoms with Gasteiger partial charge in [-0.15, -0.1) is 0 Å². The summed E-state index contributed by atoms with van der Waals surface area (Å²) in [6, 6.07) is 0. The summed E-state index contributed by atoms with van der Waals surface area (Å²) in [5.41, 5.74) is 0. The molecule has 0 aliphatic rings. The molecular weight excluding hydrogens is 180 g/mol. The molecule has 0 amide bonds. The number of hydrogen-bond donors (Lipinski definition) is 1. The Morgan fingerprint density at radius 1 is 1.55 bits per heavy atom. The van der Waals surface area contributed by atoms with Crippen molar-refractivity contribution in [3.05, 3.63) is 6.33 Å². The van der Waals surface area contributed by atoms with Gasteiger partial charge in [0.1, 0.15) is 6.33 Å². The number of nitrogens with zero attached hydrogens (tertiary/aromatic N) is 2. The van der Waals surface area contributed by atoms with Crippen molar-refractivity contribution in [3.8, 4) is 0 Å². The van der Waals surface area contributed by atoms with E-state index in [0.717, 1.165) is 22.9 Å². The molecule has 0 fully saturated rings. The van der Waals surface area contributed by atoms with Crippen molar-refractivity contribution < 1.29 is 5.11 Å². The predicted molar refractivity (Wildman–Crippen MR) is 47.0 cm³/mol. The van der Waals surface area contributed by atoms with E-state index in [-0.39, 0.29) is 6.61 Å². The lowest BCUT2D eigenvalue weighted by Crippen LogP contribution is -1.84. The standard InChI is InChI=1S/C6H10N2OS2/c9-3-1-2-4-10-6-7-5-8-11-6/h5,9H,1-4H2. The first-order valence-corrected chi connectivity index (χ1v) is 5.19. The highest BCUT2D eigenvalue weighted by molar-refractivity contribution is 8.00. The first-order valence-electron chi connectivity index (χ1n) is 3.44. The van der Waals surface area contributed by atoms with Crippen LogP contribution in [0.4, 0.5) is 0 Å². The van der Waals surface area contributed by atoms with Gasteiger partial charge in [-0.2, -0.15) is 4.37 Å². The molecule has 1 N–H and O–H groups in total. The van der Waals surface area contributed by atoms with Gasteiger partial charge in [0.2, 0.25) is 0 Å². The number of unbranched alkanes of at least 4 members (excludes halogenated alkanes) is 1. The van der Waals surface area contributed by atoms with Gasteiger partial charge in [-0.25, -0.2) is 4.98 Å². The van der Waals surface area contributed by atoms with Crippen LogP contribution in [0.15, 0.2) is 10.7 Å². The third kappa shape index (κ3) is 3.69. The molecule has 0 saturated heterocycles. The van der Waals surface area contributed by atoms with Gasteiger partial charge in [-0.3, -0.25) is 0 Å². The van der Waals surface area contributed by atoms with Gasteiger partial charge in [0, 0.05) is 12.4 Å². The second-order valence-electron chi connectivity index (χ2n) is 1.99. The van der Waals surface area contributed by atoms with Crippen molar-refractivity contribution in [2.45, 2.75) is 17.2 Å². The van der Waals surface area contributed by atoms with E-state index in [2.05, 4.69) is 9.36 Å². The largest absolute Gasteiger partial charge is 0.396 e. The number of aliphatic hydroxyl groups excluding tert-OH is 1. The normalized spacial score (nSPS) is 10.3. The molecule has 0 unspecified atom stereocenters. The predicted octanol–water partition coefficient (Wildman–Crippen LogP) is 1.40. The maximum atomic E-state index is 8.49. The van der Waals surface area contributed by atoms with E-state index in [4.69, 9.17) is 5.11 Å². The second-order valence-corrected chi connectivity index (χ2v) is 4.11. The Kier molecular flexibility index (Phi) is 4.49. The zero-order valence-electron chi connectivity index (χ0n) is 6.06. The van der Waals surface area contributed by atoms with Gasteiger partial charge < -0.3 is 5.11 Å². The van der Waals surface area contributed by atoms with Gasteiger partial charge in [-0.1, -0.05) is 11.8 Å². The van der Waals surface area contributed by atoms with Crippen LogP contribution in [-0.4, -0.2) is 26.8 Å². The first-order chi connectivity index (χ1) is 5.43. The average molecular weight is 190 g/mol. The maximum Gasteiger partial charge on any atom is 0.169 e. The molecule has 0 aromatic carbocycles. The number of thioether (sulfide) groups is 1. The van der Waals surface area contributed by atoms with Gasteiger partial charge in [-0.05, 0) is 24.4 Å². The minimum Gasteiger partial charge on any atom is -0.396 e. The van der Waals surface area contributed by atoms with Crippen molar-refractivity contribution in [2.75, 3.05) is 12.4 Å². The van der Waals surface area contributed by atoms with Gasteiger partial charge in [0.25, 0.3) is 0 Å². The summed E-state index contributed by atoms with van der Waals surface area (Å²) in [6.07, 6.45) is 3.49. The molecule has 1 rings (SSSR count). The number of rotatable bonds is 5. The lowest BCUT2D eigenvalue weighted by atomic mass is 10.4. The summed E-state index contributed by atoms with van der Waals surface area (Å²) in [5, 5.41) is 8.49. The Balaban J connectivity index is 2.04. The van der Waals surface area contributed by atoms with E-state index in [1.54, 1.807) is 18.1 Å². The van der Waals surface area contributed by atoms with Crippen LogP contribution in [0.5, 0.6) is 0 Å². The smallest absolute Gasteiger partial charge is 0.169 e. The molecule has 1 aromatic rings. The van der Waals surface area contributed by atoms with E-state index < -0.39 is 0 Å². The molecule has 0 radical (unpaired) electrons. The molecule has 0 saturated carbocycles. The van der Waals surface area contributed by atoms with Gasteiger partial charge in [0.05, 0.1) is 0 Å². The SMILES string of the molecule is OCCCCSc1ncns1. The van der Waals surface area contributed by atoms with E-state index in [1.807, 2.05) is 0 Å². The van der Waals surface area contributed by atoms with E-state index in [1.165, 1.54) is 11.5 Å². The fraction of sp³-hybridized carbons (Fsp3) is 0.667. The average Bonchev–Trinajstić information content (AvgIpc) is 2.50. The molecule has 3 nitrogen and oxygen atoms in total. The molecule has 0 aliphatic carbocycles. The molecule has 1 aromatic heterocycles. The summed E-state index contributed by atoms with van der Waals surface area (Å²) in [4.78, 5) is 4.02. The summed E-state index contributed by atoms with van der Waals surface area (Å²) in [7, 11) is 0. The minimum atomic E-state index is 0.288. The minimum absolute atomic E-state index is 0.288. The fourth-order valence-electron chi connectivity index (χ4n) is 0.600. The molecule has 0 atom stereocenters. The lowest BCUT2D eigenvalue weighted by Gasteiger charge is -1.93. The Morgan fingerprint density at radius 3 is 3.09 bits per heavy atom. The Labute approximate surface area is 74.0 Å². The van der Waals surface area contributed by atoms with Crippen molar-refractivity contribution >= 4 is 23.3 Å². The van der Waals surface area contributed by atoms with Crippen LogP contribution < -0.4 is 0 Å². The van der Waals surface area contributed by atoms with Crippen molar-refractivity contribution in [3.63, 3.8) is 0 Å². The van der Waals surface area contributed by atoms with Crippen molar-refractivity contribution in [2.24, 2.45) is 0 Å². The molecular formula is C6H10N2OS2. The number of aromatic nitrogens is 2. The van der Waals surface area contributed by atoms with Gasteiger partial charge in [0.15, 0.2) is 4.34 Å². The highest BCUT2D eigenvalue weighted by Crippen LogP contribution is 2.18. The number of aliphatic hydroxyl groups is 1. The van der Waals surface area contributed by atoms with Crippen LogP contribution in [0.3, 0.4) is 0 Å². The third-order valence-electron chi connectivity index (χ3n) is 1.12. The first kappa shape index (κ1) is 8.96. The molecule has 5 heteroatoms. The topological polar surface area (TPSA) is 46.0 Å². The second kappa shape index (κ2) is 5.51. The molecule has 0 aliphatic heterocycles. The zero-order chi connectivity index (χ0) is 7.94. The third-order valence-corrected chi connectivity index (χ3v) is 3.00. The molecule has 0 bridgehead atoms. The Bertz CT molecular complexity index is 179. The lowest BCUT2D eigenvalue weighted by molar-refractivity contribution is 0.287. The van der Waals surface area contributed by atoms with Crippen LogP contribution in [-0.2, 0) is 0 Å². The Morgan fingerprint density at radius 2 is 2.45 bits per heavy atom. The molecule has 1 heterocycles. The van der Waals surface area contributed by atoms with Crippen molar-refractivity contribution in [1.29, 1.82) is 0 Å². The van der Waals surface area contributed by atoms with E-state index in [9.17, 15) is 0 Å². The number of hydrogen-bond acceptors (Lipinski definition) is 5. The quantitative estimate of drug-likeness (QED) is 0.563. The van der Waals surface area contributed by atoms with Crippen LogP contribution in [0, 0.1) is 0 Å². The van der Waals surface area contributed by atoms with Crippen molar-refractivity contribution in [1.82, 2.24) is 9.36 Å². The van der Waals surface area contributed by atoms with E-state index in [0.29, 0.717) is 0 Å². The van der Waals surface area contributed by atoms with E-state index >= 15 is 0 Å². The van der Waals surface area contributed by atoms with Crippen LogP contribution in [0.25, 0.3) is 0 Å². The highest BCUT2D eigenvalue weighted by Gasteiger charge is 1.95. The summed E-state index contributed by atoms with van der Waals surface area (Å²) >= 11 is 3.12. The van der Waals surface area contributed by atoms with Crippen LogP contribution in [0.2, 0.25) is 0 Å². The summed E-state index contributed by atoms with van der Waals surface area (Å²) < 4.78 is 4.90. The van der Waals surface area contributed by atoms with Crippen LogP contribution in [0.1, 0.15) is 12.8 Å². The summed E-state index contributed by atoms with van der Waals surface area (Å²) in [5.74, 6) is 1.02. The molecule has 62 valence electrons.